The van der Waals surface area contributed by atoms with Crippen molar-refractivity contribution in [2.45, 2.75) is 92.4 Å². The molecule has 0 bridgehead atoms. The maximum Gasteiger partial charge on any atom is 0.373 e. The molecule has 0 aromatic heterocycles. The molecule has 1 unspecified atom stereocenters. The summed E-state index contributed by atoms with van der Waals surface area (Å²) in [4.78, 5) is 37.7. The van der Waals surface area contributed by atoms with Crippen LogP contribution in [0.25, 0.3) is 0 Å². The van der Waals surface area contributed by atoms with Crippen molar-refractivity contribution in [1.29, 1.82) is 0 Å². The van der Waals surface area contributed by atoms with E-state index in [-0.39, 0.29) is 35.7 Å². The minimum Gasteiger partial charge on any atom is -0.490 e. The van der Waals surface area contributed by atoms with Gasteiger partial charge in [0, 0.05) is 37.8 Å². The van der Waals surface area contributed by atoms with E-state index in [1.807, 2.05) is 78.8 Å². The van der Waals surface area contributed by atoms with Gasteiger partial charge in [0.15, 0.2) is 11.6 Å². The Bertz CT molecular complexity index is 1190. The predicted octanol–water partition coefficient (Wildman–Crippen LogP) is 6.20. The minimum atomic E-state index is -0.757. The van der Waals surface area contributed by atoms with Gasteiger partial charge in [-0.05, 0) is 56.7 Å². The molecule has 2 amide bonds. The molecule has 0 fully saturated rings. The number of carbonyl (C=O) groups excluding carboxylic acids is 3. The van der Waals surface area contributed by atoms with E-state index < -0.39 is 17.4 Å². The van der Waals surface area contributed by atoms with Gasteiger partial charge in [-0.15, -0.1) is 0 Å². The standard InChI is InChI=1S/C36H55N3O6S/c1-9-11-17-28(44-32(10-2)37-23-15-24-46)18-14-22-38-34(41)33(36(5,6)7)39-31(40)19-13-12-16-26(3)25-27(4)29-20-21-30(43-8)35(42)45-29/h9-14,16,19,21-22,25,27-29,33,37,46H,15,17-18,20,23-24H2,1-8H3,(H,38,41)(H,39,40)/b11-9-,16-12-,19-13-,22-14-,26-25+,32-10?/t27-,28-,29?,33+/m0/s1. The Morgan fingerprint density at radius 3 is 2.46 bits per heavy atom. The Kier molecular flexibility index (Phi) is 19.3. The van der Waals surface area contributed by atoms with Gasteiger partial charge in [0.05, 0.1) is 7.11 Å². The highest BCUT2D eigenvalue weighted by molar-refractivity contribution is 7.80. The largest absolute Gasteiger partial charge is 0.490 e. The number of carbonyl (C=O) groups is 3. The summed E-state index contributed by atoms with van der Waals surface area (Å²) in [7, 11) is 1.45. The van der Waals surface area contributed by atoms with E-state index in [1.54, 1.807) is 24.4 Å². The monoisotopic (exact) mass is 657 g/mol. The summed E-state index contributed by atoms with van der Waals surface area (Å²) in [6.45, 7) is 14.3. The number of hydrogen-bond donors (Lipinski definition) is 4. The van der Waals surface area contributed by atoms with Crippen LogP contribution >= 0.6 is 12.6 Å². The second-order valence-electron chi connectivity index (χ2n) is 12.1. The van der Waals surface area contributed by atoms with Crippen molar-refractivity contribution in [2.75, 3.05) is 19.4 Å². The lowest BCUT2D eigenvalue weighted by molar-refractivity contribution is -0.151. The number of ether oxygens (including phenoxy) is 3. The van der Waals surface area contributed by atoms with Crippen LogP contribution in [0.2, 0.25) is 0 Å². The topological polar surface area (TPSA) is 115 Å². The molecule has 1 aliphatic heterocycles. The number of cyclic esters (lactones) is 1. The van der Waals surface area contributed by atoms with Gasteiger partial charge in [-0.3, -0.25) is 9.59 Å². The lowest BCUT2D eigenvalue weighted by Crippen LogP contribution is -2.52. The first-order valence-electron chi connectivity index (χ1n) is 15.9. The van der Waals surface area contributed by atoms with Crippen molar-refractivity contribution in [3.05, 3.63) is 84.2 Å². The van der Waals surface area contributed by atoms with Crippen LogP contribution in [0, 0.1) is 11.3 Å². The molecule has 0 saturated heterocycles. The fraction of sp³-hybridized carbons (Fsp3) is 0.528. The molecule has 4 atom stereocenters. The molecule has 1 aliphatic rings. The maximum atomic E-state index is 13.1. The number of allylic oxidation sites excluding steroid dienone is 6. The Morgan fingerprint density at radius 1 is 1.15 bits per heavy atom. The second kappa shape index (κ2) is 22.0. The molecule has 0 spiro atoms. The van der Waals surface area contributed by atoms with Crippen molar-refractivity contribution < 1.29 is 28.6 Å². The highest BCUT2D eigenvalue weighted by Gasteiger charge is 2.32. The maximum absolute atomic E-state index is 13.1. The van der Waals surface area contributed by atoms with Gasteiger partial charge in [-0.25, -0.2) is 4.79 Å². The van der Waals surface area contributed by atoms with E-state index in [1.165, 1.54) is 13.2 Å². The van der Waals surface area contributed by atoms with Crippen LogP contribution in [0.3, 0.4) is 0 Å². The second-order valence-corrected chi connectivity index (χ2v) is 12.5. The predicted molar refractivity (Wildman–Crippen MR) is 189 cm³/mol. The zero-order chi connectivity index (χ0) is 34.5. The average molecular weight is 658 g/mol. The van der Waals surface area contributed by atoms with Gasteiger partial charge in [0.25, 0.3) is 0 Å². The van der Waals surface area contributed by atoms with Crippen molar-refractivity contribution >= 4 is 30.4 Å². The third kappa shape index (κ3) is 16.1. The molecule has 1 rings (SSSR count). The van der Waals surface area contributed by atoms with Crippen molar-refractivity contribution in [1.82, 2.24) is 16.0 Å². The Hall–Kier alpha value is -3.66. The summed E-state index contributed by atoms with van der Waals surface area (Å²) < 4.78 is 16.6. The van der Waals surface area contributed by atoms with Crippen molar-refractivity contribution in [3.8, 4) is 0 Å². The zero-order valence-electron chi connectivity index (χ0n) is 28.8. The Labute approximate surface area is 281 Å². The molecule has 46 heavy (non-hydrogen) atoms. The van der Waals surface area contributed by atoms with Crippen LogP contribution in [0.15, 0.2) is 84.2 Å². The van der Waals surface area contributed by atoms with Gasteiger partial charge in [-0.2, -0.15) is 12.6 Å². The first-order chi connectivity index (χ1) is 21.9. The van der Waals surface area contributed by atoms with Gasteiger partial charge in [-0.1, -0.05) is 75.8 Å². The molecule has 0 radical (unpaired) electrons. The number of thiol groups is 1. The number of methoxy groups -OCH3 is 1. The van der Waals surface area contributed by atoms with Gasteiger partial charge < -0.3 is 30.2 Å². The van der Waals surface area contributed by atoms with E-state index in [9.17, 15) is 14.4 Å². The molecule has 9 nitrogen and oxygen atoms in total. The lowest BCUT2D eigenvalue weighted by atomic mass is 9.86. The third-order valence-corrected chi connectivity index (χ3v) is 7.34. The molecule has 10 heteroatoms. The molecule has 0 aromatic rings. The normalized spacial score (nSPS) is 18.4. The molecular weight excluding hydrogens is 602 g/mol. The van der Waals surface area contributed by atoms with Crippen LogP contribution in [0.4, 0.5) is 0 Å². The molecular formula is C36H55N3O6S. The molecule has 0 aliphatic carbocycles. The number of nitrogens with one attached hydrogen (secondary N) is 3. The van der Waals surface area contributed by atoms with Gasteiger partial charge in [0.2, 0.25) is 11.8 Å². The van der Waals surface area contributed by atoms with Crippen LogP contribution < -0.4 is 16.0 Å². The Morgan fingerprint density at radius 2 is 1.85 bits per heavy atom. The fourth-order valence-electron chi connectivity index (χ4n) is 4.44. The highest BCUT2D eigenvalue weighted by Crippen LogP contribution is 2.23. The van der Waals surface area contributed by atoms with E-state index in [2.05, 4.69) is 34.7 Å². The van der Waals surface area contributed by atoms with Crippen LogP contribution in [0.1, 0.15) is 74.1 Å². The molecule has 0 saturated carbocycles. The third-order valence-electron chi connectivity index (χ3n) is 7.03. The van der Waals surface area contributed by atoms with Crippen LogP contribution in [-0.2, 0) is 28.6 Å². The fourth-order valence-corrected chi connectivity index (χ4v) is 4.60. The molecule has 3 N–H and O–H groups in total. The summed E-state index contributed by atoms with van der Waals surface area (Å²) in [6.07, 6.45) is 22.3. The first kappa shape index (κ1) is 40.4. The Balaban J connectivity index is 2.72. The highest BCUT2D eigenvalue weighted by atomic mass is 32.1. The van der Waals surface area contributed by atoms with E-state index >= 15 is 0 Å². The lowest BCUT2D eigenvalue weighted by Gasteiger charge is -2.29. The molecule has 1 heterocycles. The number of amides is 2. The van der Waals surface area contributed by atoms with E-state index in [0.717, 1.165) is 36.6 Å². The van der Waals surface area contributed by atoms with Crippen molar-refractivity contribution in [2.24, 2.45) is 11.3 Å². The number of hydrogen-bond acceptors (Lipinski definition) is 8. The summed E-state index contributed by atoms with van der Waals surface area (Å²) >= 11 is 4.25. The van der Waals surface area contributed by atoms with E-state index in [4.69, 9.17) is 14.2 Å². The summed E-state index contributed by atoms with van der Waals surface area (Å²) in [5.74, 6) is 0.613. The molecule has 0 aromatic carbocycles. The van der Waals surface area contributed by atoms with Crippen LogP contribution in [0.5, 0.6) is 0 Å². The number of rotatable bonds is 19. The van der Waals surface area contributed by atoms with E-state index in [0.29, 0.717) is 12.8 Å². The summed E-state index contributed by atoms with van der Waals surface area (Å²) in [5.41, 5.74) is 0.435. The smallest absolute Gasteiger partial charge is 0.373 e. The quantitative estimate of drug-likeness (QED) is 0.0249. The van der Waals surface area contributed by atoms with Gasteiger partial charge >= 0.3 is 5.97 Å². The summed E-state index contributed by atoms with van der Waals surface area (Å²) in [5, 5.41) is 8.93. The number of esters is 1. The van der Waals surface area contributed by atoms with Crippen LogP contribution in [-0.4, -0.2) is 55.4 Å². The summed E-state index contributed by atoms with van der Waals surface area (Å²) in [6, 6.07) is -0.757. The SMILES string of the molecule is CC=C(NCCCS)O[C@@H](C/C=C\C)C/C=C\NC(=O)[C@@H](NC(=O)\C=C/C=C\C(C)=C\[C@H](C)C1CC=C(OC)C(=O)O1)C(C)(C)C. The molecule has 256 valence electrons. The minimum absolute atomic E-state index is 0.00191. The van der Waals surface area contributed by atoms with Crippen molar-refractivity contribution in [3.63, 3.8) is 0 Å². The first-order valence-corrected chi connectivity index (χ1v) is 16.5. The average Bonchev–Trinajstić information content (AvgIpc) is 3.01. The van der Waals surface area contributed by atoms with Gasteiger partial charge in [0.1, 0.15) is 18.2 Å². The zero-order valence-corrected chi connectivity index (χ0v) is 29.7.